The lowest BCUT2D eigenvalue weighted by Gasteiger charge is -2.29. The van der Waals surface area contributed by atoms with E-state index in [-0.39, 0.29) is 11.3 Å². The lowest BCUT2D eigenvalue weighted by atomic mass is 9.82. The minimum atomic E-state index is -0.164. The fraction of sp³-hybridized carbons (Fsp3) is 0.0625. The highest BCUT2D eigenvalue weighted by Gasteiger charge is 2.38. The van der Waals surface area contributed by atoms with Crippen molar-refractivity contribution in [1.82, 2.24) is 0 Å². The molecule has 0 saturated heterocycles. The summed E-state index contributed by atoms with van der Waals surface area (Å²) in [4.78, 5) is 2.46. The van der Waals surface area contributed by atoms with Crippen molar-refractivity contribution in [2.24, 2.45) is 0 Å². The molecule has 2 aliphatic rings. The SMILES string of the molecule is CC1(C)c2ccccc2-c2c(N(c3ccc(-c4cccc5c4oc4ccccc45)cc3)c3cccc4oc5ccc(-c6ccc7c(c6)C(c6ccccc6)c6ccccc6-7)cc5c34)cccc21. The molecule has 12 aromatic rings. The van der Waals surface area contributed by atoms with E-state index in [1.807, 2.05) is 12.1 Å². The molecule has 1 atom stereocenters. The highest BCUT2D eigenvalue weighted by Crippen LogP contribution is 2.56. The van der Waals surface area contributed by atoms with E-state index in [2.05, 4.69) is 225 Å². The summed E-state index contributed by atoms with van der Waals surface area (Å²) in [6.07, 6.45) is 0. The second-order valence-corrected chi connectivity index (χ2v) is 18.7. The Hall–Kier alpha value is -8.40. The summed E-state index contributed by atoms with van der Waals surface area (Å²) in [6, 6.07) is 79.6. The molecule has 0 amide bonds. The standard InChI is InChI=1S/C64H43NO2/c1-64(2)53-23-10-8-20-50(53)61-54(64)24-13-25-55(61)65(43-33-29-39(30-34-43)44-21-12-22-49-47-18-9-11-27-57(47)67-63(44)49)56-26-14-28-59-62(56)52-38-42(32-36-58(52)66-59)41-31-35-46-45-17-6-7-19-48(45)60(51(46)37-41)40-15-4-3-5-16-40/h3-38,60H,1-2H3. The van der Waals surface area contributed by atoms with Crippen LogP contribution in [0.3, 0.4) is 0 Å². The first kappa shape index (κ1) is 37.9. The molecule has 316 valence electrons. The quantitative estimate of drug-likeness (QED) is 0.167. The molecule has 0 N–H and O–H groups in total. The third-order valence-electron chi connectivity index (χ3n) is 14.8. The van der Waals surface area contributed by atoms with Gasteiger partial charge >= 0.3 is 0 Å². The number of nitrogens with zero attached hydrogens (tertiary/aromatic N) is 1. The minimum absolute atomic E-state index is 0.164. The van der Waals surface area contributed by atoms with Crippen LogP contribution in [0.2, 0.25) is 0 Å². The third kappa shape index (κ3) is 5.58. The van der Waals surface area contributed by atoms with Crippen molar-refractivity contribution in [1.29, 1.82) is 0 Å². The molecular weight excluding hydrogens is 815 g/mol. The molecular formula is C64H43NO2. The van der Waals surface area contributed by atoms with Gasteiger partial charge in [0, 0.05) is 44.3 Å². The molecule has 0 aliphatic heterocycles. The van der Waals surface area contributed by atoms with Gasteiger partial charge in [0.15, 0.2) is 0 Å². The van der Waals surface area contributed by atoms with E-state index in [1.54, 1.807) is 0 Å². The van der Waals surface area contributed by atoms with Gasteiger partial charge in [0.1, 0.15) is 22.3 Å². The first-order chi connectivity index (χ1) is 33.0. The average molecular weight is 858 g/mol. The van der Waals surface area contributed by atoms with E-state index >= 15 is 0 Å². The normalized spacial score (nSPS) is 14.4. The Morgan fingerprint density at radius 1 is 0.403 bits per heavy atom. The maximum atomic E-state index is 6.78. The lowest BCUT2D eigenvalue weighted by molar-refractivity contribution is 0.660. The van der Waals surface area contributed by atoms with E-state index < -0.39 is 0 Å². The van der Waals surface area contributed by atoms with Crippen LogP contribution in [0.4, 0.5) is 17.1 Å². The molecule has 3 nitrogen and oxygen atoms in total. The Kier molecular flexibility index (Phi) is 8.09. The fourth-order valence-corrected chi connectivity index (χ4v) is 11.7. The number of furan rings is 2. The molecule has 3 heteroatoms. The van der Waals surface area contributed by atoms with Gasteiger partial charge in [-0.15, -0.1) is 0 Å². The number of para-hydroxylation sites is 2. The number of benzene rings is 10. The van der Waals surface area contributed by atoms with E-state index in [0.717, 1.165) is 77.6 Å². The number of rotatable bonds is 6. The summed E-state index contributed by atoms with van der Waals surface area (Å²) >= 11 is 0. The molecule has 0 spiro atoms. The van der Waals surface area contributed by atoms with Crippen molar-refractivity contribution in [3.8, 4) is 44.5 Å². The Balaban J connectivity index is 0.960. The second-order valence-electron chi connectivity index (χ2n) is 18.7. The second kappa shape index (κ2) is 14.3. The predicted molar refractivity (Wildman–Crippen MR) is 277 cm³/mol. The maximum absolute atomic E-state index is 6.78. The Morgan fingerprint density at radius 2 is 1.03 bits per heavy atom. The molecule has 0 bridgehead atoms. The molecule has 0 saturated carbocycles. The van der Waals surface area contributed by atoms with Crippen LogP contribution in [-0.4, -0.2) is 0 Å². The molecule has 2 heterocycles. The predicted octanol–water partition coefficient (Wildman–Crippen LogP) is 17.8. The first-order valence-corrected chi connectivity index (χ1v) is 23.3. The Bertz CT molecular complexity index is 3960. The monoisotopic (exact) mass is 857 g/mol. The zero-order valence-electron chi connectivity index (χ0n) is 37.1. The summed E-state index contributed by atoms with van der Waals surface area (Å²) in [5.74, 6) is 0.173. The van der Waals surface area contributed by atoms with Crippen molar-refractivity contribution in [2.75, 3.05) is 4.90 Å². The van der Waals surface area contributed by atoms with Crippen LogP contribution in [0.15, 0.2) is 227 Å². The van der Waals surface area contributed by atoms with Gasteiger partial charge in [0.2, 0.25) is 0 Å². The highest BCUT2D eigenvalue weighted by molar-refractivity contribution is 6.15. The average Bonchev–Trinajstić information content (AvgIpc) is 4.11. The van der Waals surface area contributed by atoms with Gasteiger partial charge in [-0.2, -0.15) is 0 Å². The highest BCUT2D eigenvalue weighted by atomic mass is 16.3. The van der Waals surface area contributed by atoms with Crippen LogP contribution >= 0.6 is 0 Å². The smallest absolute Gasteiger partial charge is 0.143 e. The topological polar surface area (TPSA) is 29.5 Å². The van der Waals surface area contributed by atoms with Gasteiger partial charge in [-0.25, -0.2) is 0 Å². The van der Waals surface area contributed by atoms with E-state index in [9.17, 15) is 0 Å². The van der Waals surface area contributed by atoms with Gasteiger partial charge in [0.05, 0.1) is 16.8 Å². The summed E-state index contributed by atoms with van der Waals surface area (Å²) in [5, 5.41) is 4.41. The summed E-state index contributed by atoms with van der Waals surface area (Å²) in [5.41, 5.74) is 22.9. The van der Waals surface area contributed by atoms with Crippen molar-refractivity contribution in [3.05, 3.63) is 246 Å². The van der Waals surface area contributed by atoms with Gasteiger partial charge < -0.3 is 13.7 Å². The summed E-state index contributed by atoms with van der Waals surface area (Å²) in [7, 11) is 0. The van der Waals surface area contributed by atoms with Crippen LogP contribution in [0.25, 0.3) is 88.4 Å². The van der Waals surface area contributed by atoms with E-state index in [4.69, 9.17) is 8.83 Å². The van der Waals surface area contributed by atoms with Gasteiger partial charge in [-0.1, -0.05) is 178 Å². The molecule has 0 fully saturated rings. The molecule has 10 aromatic carbocycles. The van der Waals surface area contributed by atoms with Gasteiger partial charge in [-0.05, 0) is 116 Å². The lowest BCUT2D eigenvalue weighted by Crippen LogP contribution is -2.16. The molecule has 2 aliphatic carbocycles. The molecule has 67 heavy (non-hydrogen) atoms. The van der Waals surface area contributed by atoms with E-state index in [1.165, 1.54) is 55.6 Å². The number of hydrogen-bond donors (Lipinski definition) is 0. The first-order valence-electron chi connectivity index (χ1n) is 23.3. The van der Waals surface area contributed by atoms with E-state index in [0.29, 0.717) is 0 Å². The van der Waals surface area contributed by atoms with Crippen molar-refractivity contribution in [2.45, 2.75) is 25.2 Å². The van der Waals surface area contributed by atoms with Crippen LogP contribution < -0.4 is 4.90 Å². The molecule has 0 radical (unpaired) electrons. The van der Waals surface area contributed by atoms with Crippen LogP contribution in [0.1, 0.15) is 47.6 Å². The van der Waals surface area contributed by atoms with Crippen LogP contribution in [0.5, 0.6) is 0 Å². The Labute approximate surface area is 388 Å². The summed E-state index contributed by atoms with van der Waals surface area (Å²) in [6.45, 7) is 4.70. The van der Waals surface area contributed by atoms with Crippen molar-refractivity contribution in [3.63, 3.8) is 0 Å². The van der Waals surface area contributed by atoms with Crippen LogP contribution in [-0.2, 0) is 5.41 Å². The zero-order valence-corrected chi connectivity index (χ0v) is 37.1. The summed E-state index contributed by atoms with van der Waals surface area (Å²) < 4.78 is 13.3. The van der Waals surface area contributed by atoms with Crippen molar-refractivity contribution < 1.29 is 8.83 Å². The molecule has 14 rings (SSSR count). The molecule has 2 aromatic heterocycles. The maximum Gasteiger partial charge on any atom is 0.143 e. The minimum Gasteiger partial charge on any atom is -0.456 e. The molecule has 1 unspecified atom stereocenters. The van der Waals surface area contributed by atoms with Crippen molar-refractivity contribution >= 4 is 60.9 Å². The zero-order chi connectivity index (χ0) is 44.4. The Morgan fingerprint density at radius 3 is 1.93 bits per heavy atom. The fourth-order valence-electron chi connectivity index (χ4n) is 11.7. The number of hydrogen-bond acceptors (Lipinski definition) is 3. The van der Waals surface area contributed by atoms with Crippen LogP contribution in [0, 0.1) is 0 Å². The number of anilines is 3. The largest absolute Gasteiger partial charge is 0.456 e. The third-order valence-corrected chi connectivity index (χ3v) is 14.8. The van der Waals surface area contributed by atoms with Gasteiger partial charge in [-0.3, -0.25) is 0 Å². The van der Waals surface area contributed by atoms with Gasteiger partial charge in [0.25, 0.3) is 0 Å². The number of fused-ring (bicyclic) bond motifs is 12.